The highest BCUT2D eigenvalue weighted by Crippen LogP contribution is 2.29. The Morgan fingerprint density at radius 3 is 2.45 bits per heavy atom. The first-order valence-electron chi connectivity index (χ1n) is 6.04. The average molecular weight is 320 g/mol. The van der Waals surface area contributed by atoms with Gasteiger partial charge in [-0.1, -0.05) is 24.3 Å². The second-order valence-electron chi connectivity index (χ2n) is 4.28. The van der Waals surface area contributed by atoms with Crippen LogP contribution in [0.1, 0.15) is 11.6 Å². The standard InChI is InChI=1S/C13H17N3O2.2ClH/c1-2-12(15-9-7-14-8-10-15)11-5-3-4-6-13(11)16(17)18;;/h2-6,12,14H,1,7-10H2;2*1H/t12-;;/m1../s1. The van der Waals surface area contributed by atoms with E-state index < -0.39 is 0 Å². The maximum Gasteiger partial charge on any atom is 0.274 e. The summed E-state index contributed by atoms with van der Waals surface area (Å²) < 4.78 is 0. The molecule has 0 aromatic heterocycles. The van der Waals surface area contributed by atoms with Crippen LogP contribution in [0.4, 0.5) is 5.69 Å². The molecule has 1 aromatic rings. The van der Waals surface area contributed by atoms with Gasteiger partial charge in [0.15, 0.2) is 0 Å². The molecule has 112 valence electrons. The first-order chi connectivity index (χ1) is 8.74. The number of hydrogen-bond acceptors (Lipinski definition) is 4. The molecule has 1 saturated heterocycles. The van der Waals surface area contributed by atoms with E-state index in [4.69, 9.17) is 0 Å². The van der Waals surface area contributed by atoms with Crippen LogP contribution in [0.25, 0.3) is 0 Å². The molecule has 1 atom stereocenters. The van der Waals surface area contributed by atoms with Crippen LogP contribution >= 0.6 is 24.8 Å². The zero-order valence-corrected chi connectivity index (χ0v) is 12.7. The Bertz CT molecular complexity index is 451. The van der Waals surface area contributed by atoms with Crippen LogP contribution in [-0.4, -0.2) is 36.0 Å². The lowest BCUT2D eigenvalue weighted by molar-refractivity contribution is -0.385. The van der Waals surface area contributed by atoms with Gasteiger partial charge in [0.25, 0.3) is 5.69 Å². The zero-order chi connectivity index (χ0) is 13.0. The van der Waals surface area contributed by atoms with Crippen LogP contribution in [0.2, 0.25) is 0 Å². The van der Waals surface area contributed by atoms with E-state index in [0.717, 1.165) is 31.7 Å². The highest BCUT2D eigenvalue weighted by molar-refractivity contribution is 5.85. The molecule has 0 aliphatic carbocycles. The topological polar surface area (TPSA) is 58.4 Å². The Labute approximate surface area is 131 Å². The van der Waals surface area contributed by atoms with Gasteiger partial charge in [-0.25, -0.2) is 0 Å². The minimum atomic E-state index is -0.325. The first-order valence-corrected chi connectivity index (χ1v) is 6.04. The number of nitro groups is 1. The van der Waals surface area contributed by atoms with Gasteiger partial charge in [-0.05, 0) is 0 Å². The Morgan fingerprint density at radius 1 is 1.30 bits per heavy atom. The van der Waals surface area contributed by atoms with Crippen LogP contribution in [-0.2, 0) is 0 Å². The van der Waals surface area contributed by atoms with Gasteiger partial charge in [-0.15, -0.1) is 31.4 Å². The first kappa shape index (κ1) is 18.9. The molecule has 0 saturated carbocycles. The second-order valence-corrected chi connectivity index (χ2v) is 4.28. The molecule has 1 N–H and O–H groups in total. The molecule has 20 heavy (non-hydrogen) atoms. The van der Waals surface area contributed by atoms with Crippen molar-refractivity contribution in [3.05, 3.63) is 52.6 Å². The van der Waals surface area contributed by atoms with Crippen molar-refractivity contribution in [3.63, 3.8) is 0 Å². The molecule has 0 spiro atoms. The van der Waals surface area contributed by atoms with Gasteiger partial charge in [0, 0.05) is 32.2 Å². The normalized spacial score (nSPS) is 16.4. The van der Waals surface area contributed by atoms with E-state index in [9.17, 15) is 10.1 Å². The highest BCUT2D eigenvalue weighted by Gasteiger charge is 2.25. The third-order valence-corrected chi connectivity index (χ3v) is 3.22. The monoisotopic (exact) mass is 319 g/mol. The van der Waals surface area contributed by atoms with Gasteiger partial charge < -0.3 is 5.32 Å². The molecule has 5 nitrogen and oxygen atoms in total. The number of rotatable bonds is 4. The summed E-state index contributed by atoms with van der Waals surface area (Å²) in [5.41, 5.74) is 0.889. The van der Waals surface area contributed by atoms with Crippen LogP contribution in [0.5, 0.6) is 0 Å². The van der Waals surface area contributed by atoms with Gasteiger partial charge in [0.2, 0.25) is 0 Å². The molecule has 1 fully saturated rings. The fourth-order valence-electron chi connectivity index (χ4n) is 2.34. The zero-order valence-electron chi connectivity index (χ0n) is 11.0. The van der Waals surface area contributed by atoms with Gasteiger partial charge in [-0.2, -0.15) is 0 Å². The molecule has 2 rings (SSSR count). The van der Waals surface area contributed by atoms with E-state index in [-0.39, 0.29) is 41.5 Å². The van der Waals surface area contributed by atoms with Crippen molar-refractivity contribution in [2.24, 2.45) is 0 Å². The van der Waals surface area contributed by atoms with E-state index in [2.05, 4.69) is 16.8 Å². The van der Waals surface area contributed by atoms with Crippen LogP contribution in [0.15, 0.2) is 36.9 Å². The number of halogens is 2. The van der Waals surface area contributed by atoms with Gasteiger partial charge in [0.05, 0.1) is 16.5 Å². The smallest absolute Gasteiger partial charge is 0.274 e. The van der Waals surface area contributed by atoms with Crippen LogP contribution in [0, 0.1) is 10.1 Å². The SMILES string of the molecule is C=C[C@H](c1ccccc1[N+](=O)[O-])N1CCNCC1.Cl.Cl. The Balaban J connectivity index is 0.00000180. The summed E-state index contributed by atoms with van der Waals surface area (Å²) in [6.07, 6.45) is 1.79. The minimum absolute atomic E-state index is 0. The Hall–Kier alpha value is -1.14. The molecule has 1 aliphatic rings. The number of benzene rings is 1. The molecule has 1 aliphatic heterocycles. The second kappa shape index (κ2) is 8.92. The number of nitrogens with zero attached hydrogens (tertiary/aromatic N) is 2. The van der Waals surface area contributed by atoms with Crippen molar-refractivity contribution >= 4 is 30.5 Å². The molecule has 0 bridgehead atoms. The van der Waals surface area contributed by atoms with Crippen molar-refractivity contribution in [2.75, 3.05) is 26.2 Å². The summed E-state index contributed by atoms with van der Waals surface area (Å²) in [5, 5.41) is 14.3. The van der Waals surface area contributed by atoms with E-state index in [1.165, 1.54) is 0 Å². The molecule has 0 amide bonds. The largest absolute Gasteiger partial charge is 0.314 e. The van der Waals surface area contributed by atoms with Crippen molar-refractivity contribution in [1.29, 1.82) is 0 Å². The van der Waals surface area contributed by atoms with Gasteiger partial charge >= 0.3 is 0 Å². The average Bonchev–Trinajstić information content (AvgIpc) is 2.41. The third kappa shape index (κ3) is 4.18. The number of para-hydroxylation sites is 1. The minimum Gasteiger partial charge on any atom is -0.314 e. The lowest BCUT2D eigenvalue weighted by Crippen LogP contribution is -2.44. The summed E-state index contributed by atoms with van der Waals surface area (Å²) >= 11 is 0. The summed E-state index contributed by atoms with van der Waals surface area (Å²) in [5.74, 6) is 0. The molecule has 0 unspecified atom stereocenters. The van der Waals surface area contributed by atoms with Crippen molar-refractivity contribution in [3.8, 4) is 0 Å². The molecular formula is C13H19Cl2N3O2. The predicted octanol–water partition coefficient (Wildman–Crippen LogP) is 2.57. The molecule has 1 heterocycles. The Kier molecular flexibility index (Phi) is 8.41. The van der Waals surface area contributed by atoms with E-state index in [1.807, 2.05) is 12.1 Å². The van der Waals surface area contributed by atoms with Crippen molar-refractivity contribution in [1.82, 2.24) is 10.2 Å². The number of piperazine rings is 1. The number of nitro benzene ring substituents is 1. The molecule has 1 aromatic carbocycles. The van der Waals surface area contributed by atoms with Gasteiger partial charge in [-0.3, -0.25) is 15.0 Å². The number of hydrogen-bond donors (Lipinski definition) is 1. The maximum atomic E-state index is 11.1. The molecule has 0 radical (unpaired) electrons. The summed E-state index contributed by atoms with van der Waals surface area (Å²) in [6.45, 7) is 7.40. The third-order valence-electron chi connectivity index (χ3n) is 3.22. The molecular weight excluding hydrogens is 301 g/mol. The summed E-state index contributed by atoms with van der Waals surface area (Å²) in [7, 11) is 0. The van der Waals surface area contributed by atoms with Crippen molar-refractivity contribution < 1.29 is 4.92 Å². The van der Waals surface area contributed by atoms with E-state index >= 15 is 0 Å². The van der Waals surface area contributed by atoms with Crippen LogP contribution < -0.4 is 5.32 Å². The Morgan fingerprint density at radius 2 is 1.90 bits per heavy atom. The number of nitrogens with one attached hydrogen (secondary N) is 1. The van der Waals surface area contributed by atoms with Crippen LogP contribution in [0.3, 0.4) is 0 Å². The van der Waals surface area contributed by atoms with Crippen molar-refractivity contribution in [2.45, 2.75) is 6.04 Å². The predicted molar refractivity (Wildman–Crippen MR) is 85.0 cm³/mol. The quantitative estimate of drug-likeness (QED) is 0.526. The maximum absolute atomic E-state index is 11.1. The summed E-state index contributed by atoms with van der Waals surface area (Å²) in [4.78, 5) is 13.0. The van der Waals surface area contributed by atoms with Gasteiger partial charge in [0.1, 0.15) is 0 Å². The van der Waals surface area contributed by atoms with E-state index in [0.29, 0.717) is 0 Å². The summed E-state index contributed by atoms with van der Waals surface area (Å²) in [6, 6.07) is 6.80. The fourth-order valence-corrected chi connectivity index (χ4v) is 2.34. The lowest BCUT2D eigenvalue weighted by atomic mass is 10.0. The molecule has 7 heteroatoms. The highest BCUT2D eigenvalue weighted by atomic mass is 35.5. The fraction of sp³-hybridized carbons (Fsp3) is 0.385. The lowest BCUT2D eigenvalue weighted by Gasteiger charge is -2.33. The van der Waals surface area contributed by atoms with E-state index in [1.54, 1.807) is 18.2 Å².